The number of fused-ring (bicyclic) bond motifs is 1. The second kappa shape index (κ2) is 7.78. The van der Waals surface area contributed by atoms with E-state index >= 15 is 0 Å². The molecule has 0 aliphatic carbocycles. The first kappa shape index (κ1) is 17.5. The second-order valence-electron chi connectivity index (χ2n) is 6.36. The average Bonchev–Trinajstić information content (AvgIpc) is 3.26. The normalized spacial score (nSPS) is 11.0. The van der Waals surface area contributed by atoms with Gasteiger partial charge >= 0.3 is 0 Å². The molecule has 0 aliphatic rings. The highest BCUT2D eigenvalue weighted by Gasteiger charge is 2.17. The fraction of sp³-hybridized carbons (Fsp3) is 0.136. The first-order valence-corrected chi connectivity index (χ1v) is 9.62. The van der Waals surface area contributed by atoms with Gasteiger partial charge in [-0.3, -0.25) is 4.79 Å². The van der Waals surface area contributed by atoms with Crippen molar-refractivity contribution in [3.8, 4) is 0 Å². The third-order valence-corrected chi connectivity index (χ3v) is 5.29. The van der Waals surface area contributed by atoms with Crippen LogP contribution in [0.15, 0.2) is 72.1 Å². The monoisotopic (exact) mass is 376 g/mol. The number of carbonyl (C=O) groups excluding carboxylic acids is 1. The van der Waals surface area contributed by atoms with E-state index < -0.39 is 0 Å². The maximum Gasteiger partial charge on any atom is 0.272 e. The molecule has 1 amide bonds. The molecule has 0 saturated heterocycles. The van der Waals surface area contributed by atoms with Gasteiger partial charge in [0.1, 0.15) is 5.69 Å². The standard InChI is InChI=1S/C22H20N2O2S/c1-26-15-17-8-5-9-18(12-17)23-22(25)20-13-21-19(10-11-27-21)24(20)14-16-6-3-2-4-7-16/h2-13H,14-15H2,1H3,(H,23,25). The number of benzene rings is 2. The molecule has 0 bridgehead atoms. The zero-order valence-corrected chi connectivity index (χ0v) is 15.8. The van der Waals surface area contributed by atoms with E-state index in [2.05, 4.69) is 33.5 Å². The van der Waals surface area contributed by atoms with Gasteiger partial charge in [0, 0.05) is 19.3 Å². The summed E-state index contributed by atoms with van der Waals surface area (Å²) in [7, 11) is 1.66. The number of carbonyl (C=O) groups is 1. The minimum absolute atomic E-state index is 0.108. The number of aromatic nitrogens is 1. The molecule has 0 radical (unpaired) electrons. The van der Waals surface area contributed by atoms with E-state index in [1.807, 2.05) is 48.5 Å². The predicted molar refractivity (Wildman–Crippen MR) is 110 cm³/mol. The molecule has 27 heavy (non-hydrogen) atoms. The Morgan fingerprint density at radius 1 is 1.04 bits per heavy atom. The van der Waals surface area contributed by atoms with Gasteiger partial charge in [0.05, 0.1) is 16.8 Å². The van der Waals surface area contributed by atoms with Crippen LogP contribution in [0.1, 0.15) is 21.6 Å². The van der Waals surface area contributed by atoms with Gasteiger partial charge < -0.3 is 14.6 Å². The molecule has 4 aromatic rings. The number of thiophene rings is 1. The van der Waals surface area contributed by atoms with Crippen LogP contribution in [0.3, 0.4) is 0 Å². The Morgan fingerprint density at radius 2 is 1.85 bits per heavy atom. The summed E-state index contributed by atoms with van der Waals surface area (Å²) >= 11 is 1.65. The molecule has 2 aromatic carbocycles. The SMILES string of the molecule is COCc1cccc(NC(=O)c2cc3sccc3n2Cc2ccccc2)c1. The first-order chi connectivity index (χ1) is 13.2. The molecule has 4 nitrogen and oxygen atoms in total. The van der Waals surface area contributed by atoms with E-state index in [0.29, 0.717) is 18.8 Å². The summed E-state index contributed by atoms with van der Waals surface area (Å²) in [5.41, 5.74) is 4.71. The van der Waals surface area contributed by atoms with Crippen LogP contribution in [0.25, 0.3) is 10.2 Å². The van der Waals surface area contributed by atoms with Crippen molar-refractivity contribution in [2.45, 2.75) is 13.2 Å². The van der Waals surface area contributed by atoms with E-state index in [0.717, 1.165) is 27.0 Å². The Kier molecular flexibility index (Phi) is 5.05. The number of amides is 1. The van der Waals surface area contributed by atoms with Crippen LogP contribution in [-0.2, 0) is 17.9 Å². The van der Waals surface area contributed by atoms with Crippen molar-refractivity contribution in [3.05, 3.63) is 88.9 Å². The smallest absolute Gasteiger partial charge is 0.272 e. The zero-order valence-electron chi connectivity index (χ0n) is 15.0. The van der Waals surface area contributed by atoms with Crippen LogP contribution in [0.2, 0.25) is 0 Å². The zero-order chi connectivity index (χ0) is 18.6. The molecule has 0 saturated carbocycles. The number of methoxy groups -OCH3 is 1. The number of nitrogens with zero attached hydrogens (tertiary/aromatic N) is 1. The van der Waals surface area contributed by atoms with Crippen LogP contribution < -0.4 is 5.32 Å². The third-order valence-electron chi connectivity index (χ3n) is 4.43. The minimum atomic E-state index is -0.108. The maximum absolute atomic E-state index is 13.0. The number of rotatable bonds is 6. The molecule has 0 aliphatic heterocycles. The highest BCUT2D eigenvalue weighted by molar-refractivity contribution is 7.17. The van der Waals surface area contributed by atoms with Crippen LogP contribution in [0.4, 0.5) is 5.69 Å². The molecule has 0 unspecified atom stereocenters. The topological polar surface area (TPSA) is 43.3 Å². The average molecular weight is 376 g/mol. The molecule has 5 heteroatoms. The van der Waals surface area contributed by atoms with E-state index in [9.17, 15) is 4.79 Å². The number of anilines is 1. The summed E-state index contributed by atoms with van der Waals surface area (Å²) in [6.45, 7) is 1.18. The predicted octanol–water partition coefficient (Wildman–Crippen LogP) is 5.15. The molecule has 0 atom stereocenters. The number of hydrogen-bond acceptors (Lipinski definition) is 3. The van der Waals surface area contributed by atoms with Gasteiger partial charge in [-0.1, -0.05) is 42.5 Å². The van der Waals surface area contributed by atoms with Crippen LogP contribution in [-0.4, -0.2) is 17.6 Å². The Bertz CT molecular complexity index is 1070. The summed E-state index contributed by atoms with van der Waals surface area (Å²) in [5.74, 6) is -0.108. The van der Waals surface area contributed by atoms with E-state index in [1.165, 1.54) is 0 Å². The van der Waals surface area contributed by atoms with Gasteiger partial charge in [-0.25, -0.2) is 0 Å². The Balaban J connectivity index is 1.64. The van der Waals surface area contributed by atoms with Crippen molar-refractivity contribution < 1.29 is 9.53 Å². The Hall–Kier alpha value is -2.89. The van der Waals surface area contributed by atoms with E-state index in [1.54, 1.807) is 18.4 Å². The van der Waals surface area contributed by atoms with Gasteiger partial charge in [0.2, 0.25) is 0 Å². The maximum atomic E-state index is 13.0. The van der Waals surface area contributed by atoms with Gasteiger partial charge in [-0.2, -0.15) is 0 Å². The number of nitrogens with one attached hydrogen (secondary N) is 1. The van der Waals surface area contributed by atoms with Crippen LogP contribution in [0, 0.1) is 0 Å². The Labute approximate surface area is 162 Å². The van der Waals surface area contributed by atoms with Crippen LogP contribution in [0.5, 0.6) is 0 Å². The van der Waals surface area contributed by atoms with Crippen molar-refractivity contribution in [1.29, 1.82) is 0 Å². The molecule has 136 valence electrons. The van der Waals surface area contributed by atoms with Crippen molar-refractivity contribution >= 4 is 33.1 Å². The van der Waals surface area contributed by atoms with Crippen molar-refractivity contribution in [3.63, 3.8) is 0 Å². The van der Waals surface area contributed by atoms with E-state index in [-0.39, 0.29) is 5.91 Å². The van der Waals surface area contributed by atoms with Crippen molar-refractivity contribution in [1.82, 2.24) is 4.57 Å². The molecule has 1 N–H and O–H groups in total. The fourth-order valence-electron chi connectivity index (χ4n) is 3.20. The summed E-state index contributed by atoms with van der Waals surface area (Å²) in [6, 6.07) is 22.0. The molecule has 2 aromatic heterocycles. The fourth-order valence-corrected chi connectivity index (χ4v) is 4.02. The molecule has 0 fully saturated rings. The summed E-state index contributed by atoms with van der Waals surface area (Å²) in [4.78, 5) is 13.0. The largest absolute Gasteiger partial charge is 0.380 e. The summed E-state index contributed by atoms with van der Waals surface area (Å²) in [5, 5.41) is 5.08. The lowest BCUT2D eigenvalue weighted by atomic mass is 10.2. The highest BCUT2D eigenvalue weighted by atomic mass is 32.1. The quantitative estimate of drug-likeness (QED) is 0.506. The number of ether oxygens (including phenoxy) is 1. The molecular weight excluding hydrogens is 356 g/mol. The van der Waals surface area contributed by atoms with Gasteiger partial charge in [-0.05, 0) is 40.8 Å². The third kappa shape index (κ3) is 3.79. The summed E-state index contributed by atoms with van der Waals surface area (Å²) < 4.78 is 8.37. The molecular formula is C22H20N2O2S. The highest BCUT2D eigenvalue weighted by Crippen LogP contribution is 2.27. The van der Waals surface area contributed by atoms with E-state index in [4.69, 9.17) is 4.74 Å². The lowest BCUT2D eigenvalue weighted by Gasteiger charge is -2.12. The molecule has 0 spiro atoms. The Morgan fingerprint density at radius 3 is 2.67 bits per heavy atom. The minimum Gasteiger partial charge on any atom is -0.380 e. The lowest BCUT2D eigenvalue weighted by Crippen LogP contribution is -2.17. The van der Waals surface area contributed by atoms with Gasteiger partial charge in [0.25, 0.3) is 5.91 Å². The van der Waals surface area contributed by atoms with Gasteiger partial charge in [0.15, 0.2) is 0 Å². The lowest BCUT2D eigenvalue weighted by molar-refractivity contribution is 0.101. The second-order valence-corrected chi connectivity index (χ2v) is 7.31. The molecule has 2 heterocycles. The summed E-state index contributed by atoms with van der Waals surface area (Å²) in [6.07, 6.45) is 0. The first-order valence-electron chi connectivity index (χ1n) is 8.74. The number of hydrogen-bond donors (Lipinski definition) is 1. The van der Waals surface area contributed by atoms with Crippen LogP contribution >= 0.6 is 11.3 Å². The molecule has 4 rings (SSSR count). The van der Waals surface area contributed by atoms with Crippen molar-refractivity contribution in [2.75, 3.05) is 12.4 Å². The van der Waals surface area contributed by atoms with Gasteiger partial charge in [-0.15, -0.1) is 11.3 Å². The van der Waals surface area contributed by atoms with Crippen molar-refractivity contribution in [2.24, 2.45) is 0 Å².